The van der Waals surface area contributed by atoms with Crippen LogP contribution in [0.1, 0.15) is 84.5 Å². The first-order chi connectivity index (χ1) is 11.8. The third-order valence-corrected chi connectivity index (χ3v) is 3.92. The molecule has 0 radical (unpaired) electrons. The molecule has 0 saturated carbocycles. The van der Waals surface area contributed by atoms with E-state index in [0.29, 0.717) is 12.8 Å². The minimum atomic E-state index is -5.00. The molecule has 1 amide bonds. The third kappa shape index (κ3) is 12.7. The van der Waals surface area contributed by atoms with Crippen LogP contribution in [0, 0.1) is 0 Å². The normalized spacial score (nSPS) is 12.7. The average molecular weight is 367 g/mol. The quantitative estimate of drug-likeness (QED) is 0.351. The fourth-order valence-corrected chi connectivity index (χ4v) is 2.46. The first-order valence-corrected chi connectivity index (χ1v) is 9.37. The minimum absolute atomic E-state index is 0.123. The predicted octanol–water partition coefficient (Wildman–Crippen LogP) is 4.91. The lowest BCUT2D eigenvalue weighted by atomic mass is 10.1. The molecule has 0 spiro atoms. The molecule has 1 atom stereocenters. The van der Waals surface area contributed by atoms with Gasteiger partial charge in [-0.2, -0.15) is 13.2 Å². The van der Waals surface area contributed by atoms with Gasteiger partial charge in [0.1, 0.15) is 6.04 Å². The molecule has 0 saturated heterocycles. The van der Waals surface area contributed by atoms with Crippen LogP contribution in [-0.4, -0.2) is 30.7 Å². The van der Waals surface area contributed by atoms with Gasteiger partial charge in [0.25, 0.3) is 0 Å². The summed E-state index contributed by atoms with van der Waals surface area (Å²) < 4.78 is 41.8. The molecule has 7 heteroatoms. The Morgan fingerprint density at radius 1 is 0.880 bits per heavy atom. The Hall–Kier alpha value is -1.27. The highest BCUT2D eigenvalue weighted by Gasteiger charge is 2.40. The monoisotopic (exact) mass is 367 g/mol. The number of alkyl halides is 3. The van der Waals surface area contributed by atoms with Gasteiger partial charge in [-0.3, -0.25) is 4.79 Å². The van der Waals surface area contributed by atoms with Gasteiger partial charge in [0.15, 0.2) is 0 Å². The topological polar surface area (TPSA) is 55.4 Å². The van der Waals surface area contributed by atoms with E-state index in [0.717, 1.165) is 19.3 Å². The highest BCUT2D eigenvalue weighted by Crippen LogP contribution is 2.15. The van der Waals surface area contributed by atoms with Crippen molar-refractivity contribution in [3.05, 3.63) is 0 Å². The maximum Gasteiger partial charge on any atom is 0.471 e. The van der Waals surface area contributed by atoms with Crippen LogP contribution in [0.2, 0.25) is 0 Å². The van der Waals surface area contributed by atoms with Gasteiger partial charge in [-0.1, -0.05) is 71.6 Å². The van der Waals surface area contributed by atoms with Crippen LogP contribution in [0.3, 0.4) is 0 Å². The van der Waals surface area contributed by atoms with Gasteiger partial charge in [0, 0.05) is 0 Å². The van der Waals surface area contributed by atoms with Crippen LogP contribution in [0.15, 0.2) is 0 Å². The van der Waals surface area contributed by atoms with E-state index < -0.39 is 24.1 Å². The van der Waals surface area contributed by atoms with Crippen LogP contribution < -0.4 is 5.32 Å². The van der Waals surface area contributed by atoms with Crippen molar-refractivity contribution in [1.82, 2.24) is 5.32 Å². The maximum atomic E-state index is 12.3. The molecule has 0 aliphatic rings. The Balaban J connectivity index is 3.87. The summed E-state index contributed by atoms with van der Waals surface area (Å²) in [7, 11) is 0. The summed E-state index contributed by atoms with van der Waals surface area (Å²) in [5, 5.41) is 1.70. The SMILES string of the molecule is CCCCCCCCCCCOC(=O)C(CCC)NC(=O)C(F)(F)F. The van der Waals surface area contributed by atoms with E-state index in [2.05, 4.69) is 6.92 Å². The van der Waals surface area contributed by atoms with Gasteiger partial charge in [-0.05, 0) is 12.8 Å². The Kier molecular flexibility index (Phi) is 13.2. The lowest BCUT2D eigenvalue weighted by Gasteiger charge is -2.17. The zero-order valence-electron chi connectivity index (χ0n) is 15.4. The maximum absolute atomic E-state index is 12.3. The molecule has 4 nitrogen and oxygen atoms in total. The molecule has 25 heavy (non-hydrogen) atoms. The van der Waals surface area contributed by atoms with E-state index in [9.17, 15) is 22.8 Å². The Bertz CT molecular complexity index is 373. The van der Waals surface area contributed by atoms with Crippen molar-refractivity contribution in [2.75, 3.05) is 6.61 Å². The van der Waals surface area contributed by atoms with Crippen LogP contribution in [0.5, 0.6) is 0 Å². The molecule has 1 N–H and O–H groups in total. The van der Waals surface area contributed by atoms with E-state index in [4.69, 9.17) is 4.74 Å². The molecule has 0 aromatic rings. The average Bonchev–Trinajstić information content (AvgIpc) is 2.55. The third-order valence-electron chi connectivity index (χ3n) is 3.92. The predicted molar refractivity (Wildman–Crippen MR) is 91.1 cm³/mol. The number of amides is 1. The van der Waals surface area contributed by atoms with Gasteiger partial charge in [-0.15, -0.1) is 0 Å². The molecule has 0 aliphatic carbocycles. The van der Waals surface area contributed by atoms with E-state index >= 15 is 0 Å². The lowest BCUT2D eigenvalue weighted by molar-refractivity contribution is -0.176. The number of rotatable bonds is 14. The molecular formula is C18H32F3NO3. The first kappa shape index (κ1) is 23.7. The molecular weight excluding hydrogens is 335 g/mol. The van der Waals surface area contributed by atoms with Crippen molar-refractivity contribution in [3.63, 3.8) is 0 Å². The van der Waals surface area contributed by atoms with E-state index in [1.807, 2.05) is 0 Å². The number of esters is 1. The highest BCUT2D eigenvalue weighted by molar-refractivity contribution is 5.87. The van der Waals surface area contributed by atoms with Crippen molar-refractivity contribution in [2.24, 2.45) is 0 Å². The Morgan fingerprint density at radius 3 is 1.88 bits per heavy atom. The second-order valence-electron chi connectivity index (χ2n) is 6.31. The number of hydrogen-bond donors (Lipinski definition) is 1. The smallest absolute Gasteiger partial charge is 0.464 e. The van der Waals surface area contributed by atoms with Gasteiger partial charge in [0.05, 0.1) is 6.61 Å². The van der Waals surface area contributed by atoms with E-state index in [1.165, 1.54) is 32.1 Å². The number of nitrogens with one attached hydrogen (secondary N) is 1. The summed E-state index contributed by atoms with van der Waals surface area (Å²) in [6.07, 6.45) is 5.66. The van der Waals surface area contributed by atoms with Crippen LogP contribution >= 0.6 is 0 Å². The summed E-state index contributed by atoms with van der Waals surface area (Å²) in [5.41, 5.74) is 0. The summed E-state index contributed by atoms with van der Waals surface area (Å²) >= 11 is 0. The van der Waals surface area contributed by atoms with Gasteiger partial charge in [0.2, 0.25) is 0 Å². The van der Waals surface area contributed by atoms with E-state index in [-0.39, 0.29) is 13.0 Å². The molecule has 0 rings (SSSR count). The van der Waals surface area contributed by atoms with Crippen LogP contribution in [0.25, 0.3) is 0 Å². The number of carbonyl (C=O) groups excluding carboxylic acids is 2. The number of halogens is 3. The molecule has 148 valence electrons. The van der Waals surface area contributed by atoms with E-state index in [1.54, 1.807) is 12.2 Å². The van der Waals surface area contributed by atoms with Gasteiger partial charge < -0.3 is 10.1 Å². The molecule has 0 fully saturated rings. The molecule has 0 aromatic heterocycles. The number of carbonyl (C=O) groups is 2. The molecule has 0 aliphatic heterocycles. The molecule has 0 aromatic carbocycles. The lowest BCUT2D eigenvalue weighted by Crippen LogP contribution is -2.47. The van der Waals surface area contributed by atoms with Crippen LogP contribution in [0.4, 0.5) is 13.2 Å². The largest absolute Gasteiger partial charge is 0.471 e. The fraction of sp³-hybridized carbons (Fsp3) is 0.889. The van der Waals surface area contributed by atoms with Crippen LogP contribution in [-0.2, 0) is 14.3 Å². The van der Waals surface area contributed by atoms with Crippen molar-refractivity contribution in [3.8, 4) is 0 Å². The zero-order valence-corrected chi connectivity index (χ0v) is 15.4. The molecule has 0 bridgehead atoms. The van der Waals surface area contributed by atoms with Crippen molar-refractivity contribution in [2.45, 2.75) is 96.7 Å². The number of hydrogen-bond acceptors (Lipinski definition) is 3. The summed E-state index contributed by atoms with van der Waals surface area (Å²) in [5.74, 6) is -2.90. The van der Waals surface area contributed by atoms with Crippen molar-refractivity contribution >= 4 is 11.9 Å². The van der Waals surface area contributed by atoms with Crippen molar-refractivity contribution in [1.29, 1.82) is 0 Å². The first-order valence-electron chi connectivity index (χ1n) is 9.37. The number of ether oxygens (including phenoxy) is 1. The standard InChI is InChI=1S/C18H32F3NO3/c1-3-5-6-7-8-9-10-11-12-14-25-16(23)15(13-4-2)22-17(24)18(19,20)21/h15H,3-14H2,1-2H3,(H,22,24). The summed E-state index contributed by atoms with van der Waals surface area (Å²) in [6.45, 7) is 4.08. The van der Waals surface area contributed by atoms with Crippen molar-refractivity contribution < 1.29 is 27.5 Å². The Morgan fingerprint density at radius 2 is 1.40 bits per heavy atom. The highest BCUT2D eigenvalue weighted by atomic mass is 19.4. The number of unbranched alkanes of at least 4 members (excludes halogenated alkanes) is 8. The van der Waals surface area contributed by atoms with Gasteiger partial charge in [-0.25, -0.2) is 4.79 Å². The van der Waals surface area contributed by atoms with Gasteiger partial charge >= 0.3 is 18.1 Å². The fourth-order valence-electron chi connectivity index (χ4n) is 2.46. The second-order valence-corrected chi connectivity index (χ2v) is 6.31. The second kappa shape index (κ2) is 14.0. The summed E-state index contributed by atoms with van der Waals surface area (Å²) in [6, 6.07) is -1.24. The molecule has 0 heterocycles. The minimum Gasteiger partial charge on any atom is -0.464 e. The Labute approximate surface area is 148 Å². The summed E-state index contributed by atoms with van der Waals surface area (Å²) in [4.78, 5) is 22.8. The molecule has 1 unspecified atom stereocenters. The zero-order chi connectivity index (χ0) is 19.1.